The van der Waals surface area contributed by atoms with Crippen LogP contribution in [0.1, 0.15) is 31.4 Å². The molecule has 1 aromatic rings. The molecule has 0 heterocycles. The quantitative estimate of drug-likeness (QED) is 0.442. The fourth-order valence-corrected chi connectivity index (χ4v) is 3.37. The standard InChI is InChI=1S/C22H33N3O5/c1-4-25(13-12-24-17-10-11-18(28-2)20(14-17)29-3)21(26)15-19(30-22(23)27)16-8-6-5-7-9-16/h5-9,11,14,17,19,22,24,27H,4,10,12-13,15,23H2,1-3H3. The highest BCUT2D eigenvalue weighted by Crippen LogP contribution is 2.23. The van der Waals surface area contributed by atoms with Gasteiger partial charge >= 0.3 is 0 Å². The van der Waals surface area contributed by atoms with Crippen molar-refractivity contribution >= 4 is 5.91 Å². The van der Waals surface area contributed by atoms with E-state index in [0.29, 0.717) is 25.4 Å². The van der Waals surface area contributed by atoms with E-state index in [4.69, 9.17) is 19.9 Å². The van der Waals surface area contributed by atoms with Crippen LogP contribution in [-0.2, 0) is 19.0 Å². The predicted molar refractivity (Wildman–Crippen MR) is 114 cm³/mol. The Labute approximate surface area is 178 Å². The molecule has 0 fully saturated rings. The van der Waals surface area contributed by atoms with Crippen molar-refractivity contribution in [3.63, 3.8) is 0 Å². The lowest BCUT2D eigenvalue weighted by Gasteiger charge is -2.26. The fourth-order valence-electron chi connectivity index (χ4n) is 3.37. The summed E-state index contributed by atoms with van der Waals surface area (Å²) in [5.41, 5.74) is 6.19. The number of amides is 1. The largest absolute Gasteiger partial charge is 0.493 e. The summed E-state index contributed by atoms with van der Waals surface area (Å²) in [6, 6.07) is 9.41. The molecule has 0 aromatic heterocycles. The average Bonchev–Trinajstić information content (AvgIpc) is 2.76. The van der Waals surface area contributed by atoms with E-state index < -0.39 is 12.5 Å². The molecule has 8 heteroatoms. The molecule has 0 aliphatic heterocycles. The van der Waals surface area contributed by atoms with Crippen LogP contribution in [0.5, 0.6) is 0 Å². The van der Waals surface area contributed by atoms with Crippen LogP contribution in [0, 0.1) is 0 Å². The molecular formula is C22H33N3O5. The monoisotopic (exact) mass is 419 g/mol. The molecule has 0 spiro atoms. The maximum absolute atomic E-state index is 12.8. The topological polar surface area (TPSA) is 106 Å². The maximum atomic E-state index is 12.8. The Morgan fingerprint density at radius 2 is 1.97 bits per heavy atom. The summed E-state index contributed by atoms with van der Waals surface area (Å²) in [5, 5.41) is 12.9. The van der Waals surface area contributed by atoms with Crippen molar-refractivity contribution in [2.75, 3.05) is 33.9 Å². The summed E-state index contributed by atoms with van der Waals surface area (Å²) in [5.74, 6) is 1.37. The molecule has 166 valence electrons. The molecule has 1 aliphatic rings. The zero-order valence-corrected chi connectivity index (χ0v) is 17.9. The number of nitrogens with zero attached hydrogens (tertiary/aromatic N) is 1. The van der Waals surface area contributed by atoms with Gasteiger partial charge in [-0.3, -0.25) is 10.5 Å². The van der Waals surface area contributed by atoms with Crippen molar-refractivity contribution in [2.45, 2.75) is 38.3 Å². The molecule has 4 N–H and O–H groups in total. The van der Waals surface area contributed by atoms with Gasteiger partial charge in [-0.25, -0.2) is 0 Å². The first-order valence-corrected chi connectivity index (χ1v) is 10.1. The van der Waals surface area contributed by atoms with Gasteiger partial charge < -0.3 is 29.5 Å². The molecule has 3 atom stereocenters. The van der Waals surface area contributed by atoms with Crippen LogP contribution in [0.2, 0.25) is 0 Å². The third-order valence-electron chi connectivity index (χ3n) is 4.95. The first-order valence-electron chi connectivity index (χ1n) is 10.1. The number of methoxy groups -OCH3 is 2. The Morgan fingerprint density at radius 3 is 2.57 bits per heavy atom. The van der Waals surface area contributed by atoms with E-state index in [1.165, 1.54) is 0 Å². The molecule has 0 radical (unpaired) electrons. The third kappa shape index (κ3) is 7.14. The Hall–Kier alpha value is -2.39. The van der Waals surface area contributed by atoms with Gasteiger partial charge in [0.15, 0.2) is 11.5 Å². The lowest BCUT2D eigenvalue weighted by Crippen LogP contribution is -2.40. The summed E-state index contributed by atoms with van der Waals surface area (Å²) in [7, 11) is 3.23. The molecule has 1 aliphatic carbocycles. The van der Waals surface area contributed by atoms with Crippen molar-refractivity contribution in [3.05, 3.63) is 59.6 Å². The van der Waals surface area contributed by atoms with Gasteiger partial charge in [-0.2, -0.15) is 0 Å². The van der Waals surface area contributed by atoms with Gasteiger partial charge in [0.2, 0.25) is 12.3 Å². The van der Waals surface area contributed by atoms with Crippen LogP contribution in [0.15, 0.2) is 54.0 Å². The number of aliphatic hydroxyl groups excluding tert-OH is 1. The number of hydrogen-bond donors (Lipinski definition) is 3. The first kappa shape index (κ1) is 23.9. The minimum atomic E-state index is -1.45. The molecular weight excluding hydrogens is 386 g/mol. The zero-order valence-electron chi connectivity index (χ0n) is 17.9. The maximum Gasteiger partial charge on any atom is 0.225 e. The second kappa shape index (κ2) is 12.3. The highest BCUT2D eigenvalue weighted by Gasteiger charge is 2.22. The molecule has 1 aromatic carbocycles. The van der Waals surface area contributed by atoms with Gasteiger partial charge in [-0.1, -0.05) is 30.3 Å². The van der Waals surface area contributed by atoms with Gasteiger partial charge in [0.25, 0.3) is 0 Å². The minimum Gasteiger partial charge on any atom is -0.493 e. The SMILES string of the molecule is CCN(CCNC1C=C(OC)C(OC)=CC1)C(=O)CC(OC(N)O)c1ccccc1. The summed E-state index contributed by atoms with van der Waals surface area (Å²) < 4.78 is 16.0. The highest BCUT2D eigenvalue weighted by atomic mass is 16.6. The fraction of sp³-hybridized carbons (Fsp3) is 0.500. The first-order chi connectivity index (χ1) is 14.5. The van der Waals surface area contributed by atoms with E-state index in [-0.39, 0.29) is 18.4 Å². The van der Waals surface area contributed by atoms with Gasteiger partial charge in [-0.15, -0.1) is 0 Å². The van der Waals surface area contributed by atoms with E-state index in [1.54, 1.807) is 19.1 Å². The number of nitrogens with two attached hydrogens (primary N) is 1. The van der Waals surface area contributed by atoms with Crippen LogP contribution in [-0.4, -0.2) is 62.2 Å². The van der Waals surface area contributed by atoms with Crippen molar-refractivity contribution in [1.82, 2.24) is 10.2 Å². The van der Waals surface area contributed by atoms with Gasteiger partial charge in [0.1, 0.15) is 0 Å². The number of rotatable bonds is 12. The molecule has 3 unspecified atom stereocenters. The summed E-state index contributed by atoms with van der Waals surface area (Å²) in [4.78, 5) is 14.6. The van der Waals surface area contributed by atoms with Crippen LogP contribution >= 0.6 is 0 Å². The van der Waals surface area contributed by atoms with Crippen LogP contribution < -0.4 is 11.1 Å². The molecule has 0 bridgehead atoms. The third-order valence-corrected chi connectivity index (χ3v) is 4.95. The van der Waals surface area contributed by atoms with Gasteiger partial charge in [-0.05, 0) is 31.1 Å². The smallest absolute Gasteiger partial charge is 0.225 e. The van der Waals surface area contributed by atoms with Crippen molar-refractivity contribution in [1.29, 1.82) is 0 Å². The van der Waals surface area contributed by atoms with Crippen molar-refractivity contribution in [2.24, 2.45) is 5.73 Å². The van der Waals surface area contributed by atoms with E-state index in [2.05, 4.69) is 5.32 Å². The van der Waals surface area contributed by atoms with E-state index >= 15 is 0 Å². The summed E-state index contributed by atoms with van der Waals surface area (Å²) in [6.07, 6.45) is 2.80. The van der Waals surface area contributed by atoms with Crippen molar-refractivity contribution in [3.8, 4) is 0 Å². The number of benzene rings is 1. The average molecular weight is 420 g/mol. The zero-order chi connectivity index (χ0) is 21.9. The number of nitrogens with one attached hydrogen (secondary N) is 1. The van der Waals surface area contributed by atoms with E-state index in [1.807, 2.05) is 49.4 Å². The molecule has 0 saturated heterocycles. The van der Waals surface area contributed by atoms with Crippen molar-refractivity contribution < 1.29 is 24.1 Å². The summed E-state index contributed by atoms with van der Waals surface area (Å²) in [6.45, 7) is 3.69. The lowest BCUT2D eigenvalue weighted by atomic mass is 10.1. The number of carbonyl (C=O) groups excluding carboxylic acids is 1. The van der Waals surface area contributed by atoms with E-state index in [9.17, 15) is 9.90 Å². The highest BCUT2D eigenvalue weighted by molar-refractivity contribution is 5.77. The second-order valence-corrected chi connectivity index (χ2v) is 6.91. The van der Waals surface area contributed by atoms with Gasteiger partial charge in [0.05, 0.1) is 26.7 Å². The van der Waals surface area contributed by atoms with Crippen LogP contribution in [0.25, 0.3) is 0 Å². The lowest BCUT2D eigenvalue weighted by molar-refractivity contribution is -0.151. The summed E-state index contributed by atoms with van der Waals surface area (Å²) >= 11 is 0. The normalized spacial score (nSPS) is 18.1. The Bertz CT molecular complexity index is 721. The molecule has 8 nitrogen and oxygen atoms in total. The van der Waals surface area contributed by atoms with Crippen LogP contribution in [0.3, 0.4) is 0 Å². The Balaban J connectivity index is 1.89. The molecule has 1 amide bonds. The number of aliphatic hydroxyl groups is 1. The Kier molecular flexibility index (Phi) is 9.82. The Morgan fingerprint density at radius 1 is 1.27 bits per heavy atom. The molecule has 0 saturated carbocycles. The number of likely N-dealkylation sites (N-methyl/N-ethyl adjacent to an activating group) is 1. The second-order valence-electron chi connectivity index (χ2n) is 6.91. The van der Waals surface area contributed by atoms with Crippen LogP contribution in [0.4, 0.5) is 0 Å². The number of hydrogen-bond acceptors (Lipinski definition) is 7. The molecule has 30 heavy (non-hydrogen) atoms. The molecule has 2 rings (SSSR count). The minimum absolute atomic E-state index is 0.0628. The number of carbonyl (C=O) groups is 1. The van der Waals surface area contributed by atoms with Gasteiger partial charge in [0, 0.05) is 25.7 Å². The number of ether oxygens (including phenoxy) is 3. The predicted octanol–water partition coefficient (Wildman–Crippen LogP) is 1.64. The van der Waals surface area contributed by atoms with E-state index in [0.717, 1.165) is 17.7 Å².